The van der Waals surface area contributed by atoms with E-state index in [2.05, 4.69) is 75.9 Å². The zero-order valence-corrected chi connectivity index (χ0v) is 20.0. The van der Waals surface area contributed by atoms with Gasteiger partial charge in [-0.2, -0.15) is 0 Å². The van der Waals surface area contributed by atoms with Crippen LogP contribution in [0.15, 0.2) is 79.1 Å². The van der Waals surface area contributed by atoms with Crippen LogP contribution in [0.25, 0.3) is 22.0 Å². The Kier molecular flexibility index (Phi) is 7.00. The summed E-state index contributed by atoms with van der Waals surface area (Å²) in [6, 6.07) is 25.5. The molecule has 6 heteroatoms. The molecule has 3 aromatic carbocycles. The lowest BCUT2D eigenvalue weighted by atomic mass is 10.0. The van der Waals surface area contributed by atoms with Crippen LogP contribution in [0.5, 0.6) is 0 Å². The summed E-state index contributed by atoms with van der Waals surface area (Å²) in [6.07, 6.45) is 4.67. The van der Waals surface area contributed by atoms with Crippen LogP contribution in [0.1, 0.15) is 24.0 Å². The van der Waals surface area contributed by atoms with Crippen LogP contribution in [0.2, 0.25) is 0 Å². The Balaban J connectivity index is 1.36. The molecule has 1 saturated carbocycles. The number of carbonyl (C=O) groups excluding carboxylic acids is 1. The molecule has 0 aliphatic heterocycles. The lowest BCUT2D eigenvalue weighted by molar-refractivity contribution is -0.136. The normalized spacial score (nSPS) is 13.1. The Hall–Kier alpha value is -3.77. The van der Waals surface area contributed by atoms with Gasteiger partial charge < -0.3 is 15.0 Å². The zero-order chi connectivity index (χ0) is 24.0. The number of anilines is 1. The highest BCUT2D eigenvalue weighted by Crippen LogP contribution is 2.31. The summed E-state index contributed by atoms with van der Waals surface area (Å²) in [4.78, 5) is 23.4. The smallest absolute Gasteiger partial charge is 0.249 e. The standard InChI is InChI=1S/C29H30N4O2/c1-35-19-28(34)33(25-11-12-25)18-22-8-5-9-23(16-22)24-10-13-27-26(17-24)29(32-20-31-27)30-15-14-21-6-3-2-4-7-21/h2-10,13,16-17,20,25H,11-12,14-15,18-19H2,1H3,(H,30,31,32). The van der Waals surface area contributed by atoms with E-state index >= 15 is 0 Å². The van der Waals surface area contributed by atoms with Gasteiger partial charge in [-0.1, -0.05) is 54.6 Å². The van der Waals surface area contributed by atoms with E-state index in [0.717, 1.165) is 59.2 Å². The molecule has 0 bridgehead atoms. The van der Waals surface area contributed by atoms with Gasteiger partial charge in [-0.3, -0.25) is 4.79 Å². The minimum absolute atomic E-state index is 0.0504. The number of nitrogens with zero attached hydrogens (tertiary/aromatic N) is 3. The first-order valence-electron chi connectivity index (χ1n) is 12.1. The summed E-state index contributed by atoms with van der Waals surface area (Å²) in [5.74, 6) is 0.892. The number of nitrogens with one attached hydrogen (secondary N) is 1. The fourth-order valence-corrected chi connectivity index (χ4v) is 4.41. The topological polar surface area (TPSA) is 67.3 Å². The van der Waals surface area contributed by atoms with E-state index in [1.165, 1.54) is 5.56 Å². The van der Waals surface area contributed by atoms with Gasteiger partial charge in [-0.05, 0) is 59.7 Å². The lowest BCUT2D eigenvalue weighted by Crippen LogP contribution is -2.35. The van der Waals surface area contributed by atoms with Gasteiger partial charge in [0, 0.05) is 31.6 Å². The van der Waals surface area contributed by atoms with Gasteiger partial charge >= 0.3 is 0 Å². The van der Waals surface area contributed by atoms with Crippen LogP contribution >= 0.6 is 0 Å². The van der Waals surface area contributed by atoms with Crippen molar-refractivity contribution in [3.8, 4) is 11.1 Å². The fraction of sp³-hybridized carbons (Fsp3) is 0.276. The van der Waals surface area contributed by atoms with Crippen molar-refractivity contribution in [1.29, 1.82) is 0 Å². The highest BCUT2D eigenvalue weighted by atomic mass is 16.5. The van der Waals surface area contributed by atoms with Crippen molar-refractivity contribution in [1.82, 2.24) is 14.9 Å². The molecule has 0 unspecified atom stereocenters. The van der Waals surface area contributed by atoms with E-state index < -0.39 is 0 Å². The number of rotatable bonds is 10. The highest BCUT2D eigenvalue weighted by Gasteiger charge is 2.32. The third-order valence-electron chi connectivity index (χ3n) is 6.37. The maximum atomic E-state index is 12.5. The molecule has 0 radical (unpaired) electrons. The van der Waals surface area contributed by atoms with Gasteiger partial charge in [0.05, 0.1) is 5.52 Å². The Bertz CT molecular complexity index is 1300. The maximum Gasteiger partial charge on any atom is 0.249 e. The second-order valence-electron chi connectivity index (χ2n) is 9.00. The van der Waals surface area contributed by atoms with E-state index in [1.54, 1.807) is 13.4 Å². The van der Waals surface area contributed by atoms with Crippen molar-refractivity contribution >= 4 is 22.6 Å². The van der Waals surface area contributed by atoms with Crippen LogP contribution in [-0.2, 0) is 22.5 Å². The molecule has 1 aliphatic rings. The number of ether oxygens (including phenoxy) is 1. The number of hydrogen-bond donors (Lipinski definition) is 1. The first kappa shape index (κ1) is 23.0. The van der Waals surface area contributed by atoms with Crippen LogP contribution < -0.4 is 5.32 Å². The molecule has 178 valence electrons. The number of aromatic nitrogens is 2. The van der Waals surface area contributed by atoms with Gasteiger partial charge in [0.1, 0.15) is 18.8 Å². The number of benzene rings is 3. The van der Waals surface area contributed by atoms with Gasteiger partial charge in [0.2, 0.25) is 5.91 Å². The molecule has 1 amide bonds. The van der Waals surface area contributed by atoms with E-state index in [4.69, 9.17) is 4.74 Å². The Morgan fingerprint density at radius 1 is 0.971 bits per heavy atom. The third-order valence-corrected chi connectivity index (χ3v) is 6.37. The van der Waals surface area contributed by atoms with Gasteiger partial charge in [0.25, 0.3) is 0 Å². The van der Waals surface area contributed by atoms with E-state index in [-0.39, 0.29) is 12.5 Å². The highest BCUT2D eigenvalue weighted by molar-refractivity contribution is 5.92. The SMILES string of the molecule is COCC(=O)N(Cc1cccc(-c2ccc3ncnc(NCCc4ccccc4)c3c2)c1)C1CC1. The van der Waals surface area contributed by atoms with E-state index in [9.17, 15) is 4.79 Å². The largest absolute Gasteiger partial charge is 0.375 e. The van der Waals surface area contributed by atoms with Crippen LogP contribution in [0.3, 0.4) is 0 Å². The molecule has 1 heterocycles. The quantitative estimate of drug-likeness (QED) is 0.353. The number of carbonyl (C=O) groups is 1. The molecule has 4 aromatic rings. The third kappa shape index (κ3) is 5.66. The van der Waals surface area contributed by atoms with Crippen LogP contribution in [-0.4, -0.2) is 47.1 Å². The fourth-order valence-electron chi connectivity index (χ4n) is 4.41. The van der Waals surface area contributed by atoms with Crippen LogP contribution in [0, 0.1) is 0 Å². The number of hydrogen-bond acceptors (Lipinski definition) is 5. The minimum Gasteiger partial charge on any atom is -0.375 e. The summed E-state index contributed by atoms with van der Waals surface area (Å²) in [5, 5.41) is 4.49. The van der Waals surface area contributed by atoms with Crippen molar-refractivity contribution in [3.63, 3.8) is 0 Å². The minimum atomic E-state index is 0.0504. The van der Waals surface area contributed by atoms with Crippen molar-refractivity contribution in [2.75, 3.05) is 25.6 Å². The second kappa shape index (κ2) is 10.7. The first-order valence-corrected chi connectivity index (χ1v) is 12.1. The predicted molar refractivity (Wildman–Crippen MR) is 139 cm³/mol. The second-order valence-corrected chi connectivity index (χ2v) is 9.00. The summed E-state index contributed by atoms with van der Waals surface area (Å²) in [7, 11) is 1.57. The summed E-state index contributed by atoms with van der Waals surface area (Å²) in [6.45, 7) is 1.52. The molecular formula is C29H30N4O2. The Labute approximate surface area is 206 Å². The molecular weight excluding hydrogens is 436 g/mol. The van der Waals surface area contributed by atoms with E-state index in [0.29, 0.717) is 12.6 Å². The maximum absolute atomic E-state index is 12.5. The van der Waals surface area contributed by atoms with Gasteiger partial charge in [-0.15, -0.1) is 0 Å². The molecule has 1 fully saturated rings. The molecule has 0 atom stereocenters. The monoisotopic (exact) mass is 466 g/mol. The number of fused-ring (bicyclic) bond motifs is 1. The van der Waals surface area contributed by atoms with E-state index in [1.807, 2.05) is 17.0 Å². The summed E-state index contributed by atoms with van der Waals surface area (Å²) in [5.41, 5.74) is 5.52. The Morgan fingerprint density at radius 3 is 2.57 bits per heavy atom. The van der Waals surface area contributed by atoms with Crippen molar-refractivity contribution < 1.29 is 9.53 Å². The lowest BCUT2D eigenvalue weighted by Gasteiger charge is -2.22. The van der Waals surface area contributed by atoms with Crippen molar-refractivity contribution in [3.05, 3.63) is 90.3 Å². The molecule has 1 aromatic heterocycles. The summed E-state index contributed by atoms with van der Waals surface area (Å²) >= 11 is 0. The van der Waals surface area contributed by atoms with Gasteiger partial charge in [-0.25, -0.2) is 9.97 Å². The molecule has 6 nitrogen and oxygen atoms in total. The molecule has 0 spiro atoms. The molecule has 1 N–H and O–H groups in total. The Morgan fingerprint density at radius 2 is 1.77 bits per heavy atom. The molecule has 1 aliphatic carbocycles. The summed E-state index contributed by atoms with van der Waals surface area (Å²) < 4.78 is 5.09. The first-order chi connectivity index (χ1) is 17.2. The number of methoxy groups -OCH3 is 1. The van der Waals surface area contributed by atoms with Crippen LogP contribution in [0.4, 0.5) is 5.82 Å². The van der Waals surface area contributed by atoms with Crippen molar-refractivity contribution in [2.24, 2.45) is 0 Å². The molecule has 35 heavy (non-hydrogen) atoms. The average molecular weight is 467 g/mol. The van der Waals surface area contributed by atoms with Crippen molar-refractivity contribution in [2.45, 2.75) is 31.8 Å². The van der Waals surface area contributed by atoms with Gasteiger partial charge in [0.15, 0.2) is 0 Å². The predicted octanol–water partition coefficient (Wildman–Crippen LogP) is 5.09. The molecule has 0 saturated heterocycles. The average Bonchev–Trinajstić information content (AvgIpc) is 3.73. The zero-order valence-electron chi connectivity index (χ0n) is 20.0. The number of amides is 1. The molecule has 5 rings (SSSR count).